The molecule has 1 atom stereocenters. The highest BCUT2D eigenvalue weighted by atomic mass is 32.2. The Bertz CT molecular complexity index is 1570. The first-order valence-electron chi connectivity index (χ1n) is 11.7. The standard InChI is InChI=1S/C26H22N4O6S/c31-24(27-26-29-28-25(36-26)23-16-34-21-9-3-4-10-22(21)35-23)18-11-13-19(14-12-18)37(32,33)30-15-5-7-17-6-1-2-8-20(17)30/h1-4,6,8-14,23H,5,7,15-16H2,(H,27,29,31). The van der Waals surface area contributed by atoms with Gasteiger partial charge in [0, 0.05) is 12.1 Å². The van der Waals surface area contributed by atoms with E-state index in [0.29, 0.717) is 23.7 Å². The lowest BCUT2D eigenvalue weighted by molar-refractivity contribution is 0.0716. The molecular weight excluding hydrogens is 496 g/mol. The topological polar surface area (TPSA) is 124 Å². The summed E-state index contributed by atoms with van der Waals surface area (Å²) in [4.78, 5) is 12.8. The fourth-order valence-electron chi connectivity index (χ4n) is 4.38. The van der Waals surface area contributed by atoms with Crippen molar-refractivity contribution in [2.24, 2.45) is 0 Å². The largest absolute Gasteiger partial charge is 0.485 e. The summed E-state index contributed by atoms with van der Waals surface area (Å²) in [6.45, 7) is 0.590. The molecular formula is C26H22N4O6S. The molecule has 0 radical (unpaired) electrons. The Morgan fingerprint density at radius 2 is 1.70 bits per heavy atom. The van der Waals surface area contributed by atoms with Crippen molar-refractivity contribution >= 4 is 27.6 Å². The van der Waals surface area contributed by atoms with E-state index in [0.717, 1.165) is 18.4 Å². The molecule has 3 heterocycles. The van der Waals surface area contributed by atoms with Gasteiger partial charge in [0.1, 0.15) is 6.61 Å². The molecule has 0 saturated carbocycles. The number of carbonyl (C=O) groups excluding carboxylic acids is 1. The van der Waals surface area contributed by atoms with Crippen molar-refractivity contribution in [2.45, 2.75) is 23.8 Å². The summed E-state index contributed by atoms with van der Waals surface area (Å²) in [5.74, 6) is 0.828. The Morgan fingerprint density at radius 3 is 2.54 bits per heavy atom. The van der Waals surface area contributed by atoms with Crippen LogP contribution in [0.25, 0.3) is 0 Å². The molecule has 0 spiro atoms. The zero-order chi connectivity index (χ0) is 25.4. The molecule has 4 aromatic rings. The number of ether oxygens (including phenoxy) is 2. The number of hydrogen-bond acceptors (Lipinski definition) is 8. The van der Waals surface area contributed by atoms with Crippen molar-refractivity contribution in [3.8, 4) is 11.5 Å². The molecule has 37 heavy (non-hydrogen) atoms. The molecule has 1 unspecified atom stereocenters. The van der Waals surface area contributed by atoms with Crippen molar-refractivity contribution in [2.75, 3.05) is 22.8 Å². The molecule has 6 rings (SSSR count). The molecule has 0 saturated heterocycles. The van der Waals surface area contributed by atoms with Crippen LogP contribution < -0.4 is 19.1 Å². The quantitative estimate of drug-likeness (QED) is 0.421. The molecule has 10 nitrogen and oxygen atoms in total. The second kappa shape index (κ2) is 9.25. The number of para-hydroxylation sites is 3. The number of aromatic nitrogens is 2. The Labute approximate surface area is 212 Å². The maximum Gasteiger partial charge on any atom is 0.322 e. The Kier molecular flexibility index (Phi) is 5.76. The van der Waals surface area contributed by atoms with Crippen LogP contribution >= 0.6 is 0 Å². The second-order valence-corrected chi connectivity index (χ2v) is 10.5. The van der Waals surface area contributed by atoms with E-state index < -0.39 is 22.0 Å². The van der Waals surface area contributed by atoms with Gasteiger partial charge < -0.3 is 13.9 Å². The molecule has 2 aliphatic heterocycles. The molecule has 3 aromatic carbocycles. The smallest absolute Gasteiger partial charge is 0.322 e. The van der Waals surface area contributed by atoms with Gasteiger partial charge in [0.15, 0.2) is 11.5 Å². The minimum atomic E-state index is -3.77. The van der Waals surface area contributed by atoms with Gasteiger partial charge in [0.2, 0.25) is 6.10 Å². The highest BCUT2D eigenvalue weighted by Crippen LogP contribution is 2.36. The van der Waals surface area contributed by atoms with Crippen LogP contribution in [0.2, 0.25) is 0 Å². The van der Waals surface area contributed by atoms with Gasteiger partial charge >= 0.3 is 6.01 Å². The number of rotatable bonds is 5. The van der Waals surface area contributed by atoms with Crippen LogP contribution in [0.1, 0.15) is 34.3 Å². The monoisotopic (exact) mass is 518 g/mol. The number of anilines is 2. The lowest BCUT2D eigenvalue weighted by atomic mass is 10.0. The number of nitrogens with zero attached hydrogens (tertiary/aromatic N) is 3. The highest BCUT2D eigenvalue weighted by molar-refractivity contribution is 7.92. The molecule has 188 valence electrons. The lowest BCUT2D eigenvalue weighted by Gasteiger charge is -2.30. The number of benzene rings is 3. The number of aryl methyl sites for hydroxylation is 1. The van der Waals surface area contributed by atoms with Gasteiger partial charge in [0.05, 0.1) is 10.6 Å². The van der Waals surface area contributed by atoms with Crippen LogP contribution in [-0.4, -0.2) is 37.7 Å². The number of nitrogens with one attached hydrogen (secondary N) is 1. The number of fused-ring (bicyclic) bond motifs is 2. The van der Waals surface area contributed by atoms with Crippen molar-refractivity contribution in [1.29, 1.82) is 0 Å². The summed E-state index contributed by atoms with van der Waals surface area (Å²) < 4.78 is 45.1. The molecule has 0 bridgehead atoms. The van der Waals surface area contributed by atoms with E-state index in [1.807, 2.05) is 36.4 Å². The number of amides is 1. The van der Waals surface area contributed by atoms with E-state index in [9.17, 15) is 13.2 Å². The maximum absolute atomic E-state index is 13.3. The van der Waals surface area contributed by atoms with E-state index >= 15 is 0 Å². The molecule has 1 amide bonds. The minimum Gasteiger partial charge on any atom is -0.485 e. The number of carbonyl (C=O) groups is 1. The summed E-state index contributed by atoms with van der Waals surface area (Å²) in [5.41, 5.74) is 1.93. The second-order valence-electron chi connectivity index (χ2n) is 8.60. The van der Waals surface area contributed by atoms with Gasteiger partial charge in [0.25, 0.3) is 21.8 Å². The Balaban J connectivity index is 1.14. The van der Waals surface area contributed by atoms with Crippen LogP contribution in [-0.2, 0) is 16.4 Å². The third kappa shape index (κ3) is 4.38. The SMILES string of the molecule is O=C(Nc1nnc(C2COc3ccccc3O2)o1)c1ccc(S(=O)(=O)N2CCCc3ccccc32)cc1. The van der Waals surface area contributed by atoms with Gasteiger partial charge in [-0.1, -0.05) is 35.4 Å². The molecule has 1 aromatic heterocycles. The van der Waals surface area contributed by atoms with Crippen molar-refractivity contribution in [3.63, 3.8) is 0 Å². The van der Waals surface area contributed by atoms with Crippen LogP contribution in [0, 0.1) is 0 Å². The van der Waals surface area contributed by atoms with Crippen LogP contribution in [0.5, 0.6) is 11.5 Å². The van der Waals surface area contributed by atoms with Gasteiger partial charge in [-0.3, -0.25) is 14.4 Å². The van der Waals surface area contributed by atoms with E-state index in [2.05, 4.69) is 15.5 Å². The average Bonchev–Trinajstić information content (AvgIpc) is 3.41. The highest BCUT2D eigenvalue weighted by Gasteiger charge is 2.30. The zero-order valence-electron chi connectivity index (χ0n) is 19.5. The third-order valence-corrected chi connectivity index (χ3v) is 8.04. The fourth-order valence-corrected chi connectivity index (χ4v) is 5.92. The van der Waals surface area contributed by atoms with Gasteiger partial charge in [-0.15, -0.1) is 5.10 Å². The molecule has 0 fully saturated rings. The predicted molar refractivity (Wildman–Crippen MR) is 133 cm³/mol. The zero-order valence-corrected chi connectivity index (χ0v) is 20.3. The number of sulfonamides is 1. The van der Waals surface area contributed by atoms with E-state index in [4.69, 9.17) is 13.9 Å². The minimum absolute atomic E-state index is 0.107. The van der Waals surface area contributed by atoms with E-state index in [-0.39, 0.29) is 29.0 Å². The average molecular weight is 519 g/mol. The van der Waals surface area contributed by atoms with Gasteiger partial charge in [-0.05, 0) is 60.9 Å². The summed E-state index contributed by atoms with van der Waals surface area (Å²) in [6, 6.07) is 20.4. The van der Waals surface area contributed by atoms with Crippen molar-refractivity contribution in [3.05, 3.63) is 89.8 Å². The Morgan fingerprint density at radius 1 is 0.946 bits per heavy atom. The molecule has 2 aliphatic rings. The summed E-state index contributed by atoms with van der Waals surface area (Å²) >= 11 is 0. The van der Waals surface area contributed by atoms with Crippen LogP contribution in [0.15, 0.2) is 82.1 Å². The molecule has 1 N–H and O–H groups in total. The number of hydrogen-bond donors (Lipinski definition) is 1. The first-order chi connectivity index (χ1) is 18.0. The maximum atomic E-state index is 13.3. The normalized spacial score (nSPS) is 16.6. The fraction of sp³-hybridized carbons (Fsp3) is 0.192. The van der Waals surface area contributed by atoms with Crippen LogP contribution in [0.3, 0.4) is 0 Å². The van der Waals surface area contributed by atoms with Gasteiger partial charge in [-0.2, -0.15) is 0 Å². The predicted octanol–water partition coefficient (Wildman–Crippen LogP) is 3.98. The molecule has 11 heteroatoms. The van der Waals surface area contributed by atoms with Crippen molar-refractivity contribution in [1.82, 2.24) is 10.2 Å². The Hall–Kier alpha value is -4.38. The van der Waals surface area contributed by atoms with E-state index in [1.165, 1.54) is 28.6 Å². The lowest BCUT2D eigenvalue weighted by Crippen LogP contribution is -2.35. The van der Waals surface area contributed by atoms with Gasteiger partial charge in [-0.25, -0.2) is 8.42 Å². The van der Waals surface area contributed by atoms with E-state index in [1.54, 1.807) is 12.1 Å². The first kappa shape index (κ1) is 23.0. The summed E-state index contributed by atoms with van der Waals surface area (Å²) in [7, 11) is -3.77. The third-order valence-electron chi connectivity index (χ3n) is 6.22. The molecule has 0 aliphatic carbocycles. The van der Waals surface area contributed by atoms with Crippen LogP contribution in [0.4, 0.5) is 11.7 Å². The first-order valence-corrected chi connectivity index (χ1v) is 13.2. The summed E-state index contributed by atoms with van der Waals surface area (Å²) in [5, 5.41) is 10.4. The summed E-state index contributed by atoms with van der Waals surface area (Å²) in [6.07, 6.45) is 0.969. The van der Waals surface area contributed by atoms with Crippen molar-refractivity contribution < 1.29 is 27.1 Å².